The molecule has 3 aromatic carbocycles. The quantitative estimate of drug-likeness (QED) is 0.241. The van der Waals surface area contributed by atoms with Gasteiger partial charge in [0.05, 0.1) is 24.1 Å². The van der Waals surface area contributed by atoms with Crippen LogP contribution in [0.15, 0.2) is 72.8 Å². The van der Waals surface area contributed by atoms with Crippen LogP contribution >= 0.6 is 0 Å². The first-order valence-electron chi connectivity index (χ1n) is 17.3. The standard InChI is InChI=1S/C39H49FN4O7/c1-24(2)18-28-23-50-33-15-11-10-14-30(33)37(46)43-31(21-36(45)42-32(19-25(3)4)39(48)44(28)6)38(47)41-26(5)22-49-34-17-16-27(40)20-35(34)51-29-12-8-7-9-13-29/h7-17,20,24-26,28,31-32H,18-19,21-23H2,1-6H3,(H,41,47)(H,42,45)(H,43,46)/t26-,28-,31+,32+/m1/s1. The Kier molecular flexibility index (Phi) is 13.8. The van der Waals surface area contributed by atoms with Gasteiger partial charge in [-0.25, -0.2) is 4.39 Å². The van der Waals surface area contributed by atoms with Crippen molar-refractivity contribution in [1.29, 1.82) is 0 Å². The minimum Gasteiger partial charge on any atom is -0.491 e. The molecule has 4 rings (SSSR count). The number of hydrogen-bond acceptors (Lipinski definition) is 7. The Labute approximate surface area is 299 Å². The fourth-order valence-corrected chi connectivity index (χ4v) is 5.75. The van der Waals surface area contributed by atoms with Crippen LogP contribution in [-0.2, 0) is 14.4 Å². The Hall–Kier alpha value is -5.13. The van der Waals surface area contributed by atoms with Crippen molar-refractivity contribution in [2.45, 2.75) is 78.0 Å². The molecule has 0 unspecified atom stereocenters. The minimum atomic E-state index is -1.31. The summed E-state index contributed by atoms with van der Waals surface area (Å²) in [6.45, 7) is 9.79. The fourth-order valence-electron chi connectivity index (χ4n) is 5.75. The summed E-state index contributed by atoms with van der Waals surface area (Å²) < 4.78 is 32.0. The van der Waals surface area contributed by atoms with Gasteiger partial charge in [-0.1, -0.05) is 58.0 Å². The van der Waals surface area contributed by atoms with Crippen LogP contribution in [-0.4, -0.2) is 73.0 Å². The Morgan fingerprint density at radius 2 is 1.61 bits per heavy atom. The number of rotatable bonds is 11. The number of nitrogens with zero attached hydrogens (tertiary/aromatic N) is 1. The molecule has 0 bridgehead atoms. The van der Waals surface area contributed by atoms with Gasteiger partial charge >= 0.3 is 0 Å². The highest BCUT2D eigenvalue weighted by atomic mass is 19.1. The van der Waals surface area contributed by atoms with Crippen LogP contribution in [0, 0.1) is 17.7 Å². The summed E-state index contributed by atoms with van der Waals surface area (Å²) in [6, 6.07) is 16.3. The second kappa shape index (κ2) is 18.2. The maximum absolute atomic E-state index is 14.1. The second-order valence-corrected chi connectivity index (χ2v) is 13.7. The topological polar surface area (TPSA) is 135 Å². The monoisotopic (exact) mass is 704 g/mol. The molecular formula is C39H49FN4O7. The predicted molar refractivity (Wildman–Crippen MR) is 191 cm³/mol. The normalized spacial score (nSPS) is 19.3. The number of carbonyl (C=O) groups is 4. The highest BCUT2D eigenvalue weighted by molar-refractivity contribution is 6.01. The minimum absolute atomic E-state index is 0.0408. The van der Waals surface area contributed by atoms with Gasteiger partial charge in [-0.2, -0.15) is 0 Å². The number of likely N-dealkylation sites (N-methyl/N-ethyl adjacent to an activating group) is 1. The maximum Gasteiger partial charge on any atom is 0.255 e. The molecule has 0 spiro atoms. The van der Waals surface area contributed by atoms with Gasteiger partial charge in [0.15, 0.2) is 11.5 Å². The van der Waals surface area contributed by atoms with E-state index in [1.807, 2.05) is 19.9 Å². The van der Waals surface area contributed by atoms with Crippen molar-refractivity contribution in [3.63, 3.8) is 0 Å². The lowest BCUT2D eigenvalue weighted by Gasteiger charge is -2.33. The molecule has 3 N–H and O–H groups in total. The van der Waals surface area contributed by atoms with Crippen LogP contribution in [0.3, 0.4) is 0 Å². The number of nitrogens with one attached hydrogen (secondary N) is 3. The molecule has 274 valence electrons. The molecule has 4 atom stereocenters. The zero-order valence-corrected chi connectivity index (χ0v) is 30.1. The molecule has 51 heavy (non-hydrogen) atoms. The van der Waals surface area contributed by atoms with E-state index in [1.165, 1.54) is 18.2 Å². The van der Waals surface area contributed by atoms with Gasteiger partial charge in [-0.3, -0.25) is 19.2 Å². The van der Waals surface area contributed by atoms with Gasteiger partial charge in [-0.05, 0) is 68.0 Å². The second-order valence-electron chi connectivity index (χ2n) is 13.7. The van der Waals surface area contributed by atoms with Crippen LogP contribution < -0.4 is 30.2 Å². The van der Waals surface area contributed by atoms with E-state index in [2.05, 4.69) is 29.8 Å². The van der Waals surface area contributed by atoms with Crippen molar-refractivity contribution in [3.8, 4) is 23.0 Å². The molecule has 0 radical (unpaired) electrons. The first-order chi connectivity index (χ1) is 24.3. The summed E-state index contributed by atoms with van der Waals surface area (Å²) in [4.78, 5) is 56.3. The SMILES string of the molecule is CC(C)C[C@@H]1COc2ccccc2C(=O)N[C@H](C(=O)N[C@H](C)COc2ccc(F)cc2Oc2ccccc2)CC(=O)N[C@@H](CC(C)C)C(=O)N1C. The van der Waals surface area contributed by atoms with Crippen molar-refractivity contribution in [1.82, 2.24) is 20.9 Å². The fraction of sp³-hybridized carbons (Fsp3) is 0.436. The molecule has 1 aliphatic rings. The molecule has 0 aromatic heterocycles. The summed E-state index contributed by atoms with van der Waals surface area (Å²) in [6.07, 6.45) is 0.595. The number of benzene rings is 3. The Morgan fingerprint density at radius 1 is 0.922 bits per heavy atom. The lowest BCUT2D eigenvalue weighted by molar-refractivity contribution is -0.138. The lowest BCUT2D eigenvalue weighted by Crippen LogP contribution is -2.55. The molecule has 0 fully saturated rings. The van der Waals surface area contributed by atoms with Crippen molar-refractivity contribution >= 4 is 23.6 Å². The third-order valence-corrected chi connectivity index (χ3v) is 8.31. The highest BCUT2D eigenvalue weighted by Gasteiger charge is 2.33. The van der Waals surface area contributed by atoms with Crippen LogP contribution in [0.1, 0.15) is 64.2 Å². The molecule has 4 amide bonds. The molecule has 0 saturated carbocycles. The molecule has 1 aliphatic heterocycles. The zero-order valence-electron chi connectivity index (χ0n) is 30.1. The third-order valence-electron chi connectivity index (χ3n) is 8.31. The number of ether oxygens (including phenoxy) is 3. The smallest absolute Gasteiger partial charge is 0.255 e. The number of fused-ring (bicyclic) bond motifs is 1. The molecule has 1 heterocycles. The van der Waals surface area contributed by atoms with Crippen molar-refractivity contribution in [2.24, 2.45) is 11.8 Å². The van der Waals surface area contributed by atoms with Crippen LogP contribution in [0.25, 0.3) is 0 Å². The molecule has 0 saturated heterocycles. The Morgan fingerprint density at radius 3 is 2.31 bits per heavy atom. The van der Waals surface area contributed by atoms with E-state index < -0.39 is 48.1 Å². The van der Waals surface area contributed by atoms with E-state index >= 15 is 0 Å². The molecule has 0 aliphatic carbocycles. The predicted octanol–water partition coefficient (Wildman–Crippen LogP) is 5.49. The Bertz CT molecular complexity index is 1650. The zero-order chi connectivity index (χ0) is 37.1. The van der Waals surface area contributed by atoms with E-state index in [0.717, 1.165) is 0 Å². The largest absolute Gasteiger partial charge is 0.491 e. The number of para-hydroxylation sites is 2. The summed E-state index contributed by atoms with van der Waals surface area (Å²) in [5, 5.41) is 8.35. The van der Waals surface area contributed by atoms with E-state index in [4.69, 9.17) is 14.2 Å². The molecule has 11 nitrogen and oxygen atoms in total. The van der Waals surface area contributed by atoms with E-state index in [-0.39, 0.29) is 54.1 Å². The van der Waals surface area contributed by atoms with Crippen LogP contribution in [0.5, 0.6) is 23.0 Å². The lowest BCUT2D eigenvalue weighted by atomic mass is 9.99. The maximum atomic E-state index is 14.1. The molecule has 3 aromatic rings. The van der Waals surface area contributed by atoms with E-state index in [1.54, 1.807) is 67.4 Å². The molecular weight excluding hydrogens is 655 g/mol. The van der Waals surface area contributed by atoms with E-state index in [0.29, 0.717) is 24.3 Å². The average molecular weight is 705 g/mol. The van der Waals surface area contributed by atoms with E-state index in [9.17, 15) is 23.6 Å². The number of amides is 4. The van der Waals surface area contributed by atoms with Gasteiger partial charge in [0.1, 0.15) is 42.6 Å². The van der Waals surface area contributed by atoms with Gasteiger partial charge in [-0.15, -0.1) is 0 Å². The van der Waals surface area contributed by atoms with Crippen LogP contribution in [0.2, 0.25) is 0 Å². The summed E-state index contributed by atoms with van der Waals surface area (Å²) in [7, 11) is 1.70. The van der Waals surface area contributed by atoms with Gasteiger partial charge in [0.25, 0.3) is 5.91 Å². The van der Waals surface area contributed by atoms with Crippen molar-refractivity contribution in [2.75, 3.05) is 20.3 Å². The van der Waals surface area contributed by atoms with Crippen LogP contribution in [0.4, 0.5) is 4.39 Å². The van der Waals surface area contributed by atoms with Gasteiger partial charge in [0, 0.05) is 13.1 Å². The van der Waals surface area contributed by atoms with Gasteiger partial charge in [0.2, 0.25) is 17.7 Å². The van der Waals surface area contributed by atoms with Crippen molar-refractivity contribution < 1.29 is 37.8 Å². The number of halogens is 1. The average Bonchev–Trinajstić information content (AvgIpc) is 3.08. The van der Waals surface area contributed by atoms with Crippen molar-refractivity contribution in [3.05, 3.63) is 84.2 Å². The summed E-state index contributed by atoms with van der Waals surface area (Å²) in [5.74, 6) is -1.06. The first-order valence-corrected chi connectivity index (χ1v) is 17.3. The van der Waals surface area contributed by atoms with Gasteiger partial charge < -0.3 is 35.1 Å². The molecule has 12 heteroatoms. The first kappa shape index (κ1) is 38.7. The third kappa shape index (κ3) is 11.4. The summed E-state index contributed by atoms with van der Waals surface area (Å²) in [5.41, 5.74) is 0.182. The summed E-state index contributed by atoms with van der Waals surface area (Å²) >= 11 is 0. The highest BCUT2D eigenvalue weighted by Crippen LogP contribution is 2.32. The Balaban J connectivity index is 1.54. The number of hydrogen-bond donors (Lipinski definition) is 3. The number of carbonyl (C=O) groups excluding carboxylic acids is 4.